The van der Waals surface area contributed by atoms with Crippen molar-refractivity contribution in [2.24, 2.45) is 0 Å². The number of non-ortho nitro benzene ring substituents is 1. The van der Waals surface area contributed by atoms with E-state index in [1.165, 1.54) is 30.3 Å². The van der Waals surface area contributed by atoms with E-state index in [0.717, 1.165) is 10.9 Å². The fraction of sp³-hybridized carbons (Fsp3) is 0.263. The molecule has 0 unspecified atom stereocenters. The van der Waals surface area contributed by atoms with Crippen LogP contribution >= 0.6 is 0 Å². The van der Waals surface area contributed by atoms with E-state index in [1.807, 2.05) is 0 Å². The number of carbonyl (C=O) groups excluding carboxylic acids is 1. The highest BCUT2D eigenvalue weighted by Crippen LogP contribution is 2.31. The van der Waals surface area contributed by atoms with Crippen LogP contribution in [0.1, 0.15) is 20.8 Å². The van der Waals surface area contributed by atoms with E-state index >= 15 is 0 Å². The van der Waals surface area contributed by atoms with Gasteiger partial charge in [0, 0.05) is 29.3 Å². The van der Waals surface area contributed by atoms with Crippen molar-refractivity contribution < 1.29 is 22.9 Å². The van der Waals surface area contributed by atoms with Crippen LogP contribution in [0, 0.1) is 10.1 Å². The Morgan fingerprint density at radius 3 is 2.28 bits per heavy atom. The Hall–Kier alpha value is -3.27. The molecule has 0 aliphatic carbocycles. The lowest BCUT2D eigenvalue weighted by Crippen LogP contribution is -2.27. The molecule has 0 radical (unpaired) electrons. The summed E-state index contributed by atoms with van der Waals surface area (Å²) in [5.74, 6) is 0. The van der Waals surface area contributed by atoms with E-state index in [2.05, 4.69) is 5.10 Å². The molecule has 29 heavy (non-hydrogen) atoms. The van der Waals surface area contributed by atoms with Crippen LogP contribution in [-0.2, 0) is 14.6 Å². The number of nitrogens with zero attached hydrogens (tertiary/aromatic N) is 3. The van der Waals surface area contributed by atoms with Gasteiger partial charge in [-0.15, -0.1) is 0 Å². The zero-order valence-corrected chi connectivity index (χ0v) is 17.1. The van der Waals surface area contributed by atoms with Crippen molar-refractivity contribution in [2.45, 2.75) is 31.3 Å². The molecule has 0 saturated heterocycles. The minimum atomic E-state index is -3.36. The fourth-order valence-corrected chi connectivity index (χ4v) is 3.36. The maximum Gasteiger partial charge on any atom is 0.435 e. The molecule has 0 bridgehead atoms. The second-order valence-corrected chi connectivity index (χ2v) is 9.51. The maximum atomic E-state index is 12.6. The summed E-state index contributed by atoms with van der Waals surface area (Å²) < 4.78 is 29.7. The van der Waals surface area contributed by atoms with Gasteiger partial charge in [0.2, 0.25) is 0 Å². The number of aromatic nitrogens is 2. The third-order valence-electron chi connectivity index (χ3n) is 4.00. The molecule has 1 heterocycles. The summed E-state index contributed by atoms with van der Waals surface area (Å²) in [6.45, 7) is 5.09. The third kappa shape index (κ3) is 4.27. The molecule has 0 N–H and O–H groups in total. The van der Waals surface area contributed by atoms with Crippen molar-refractivity contribution >= 4 is 32.5 Å². The van der Waals surface area contributed by atoms with Gasteiger partial charge >= 0.3 is 6.09 Å². The lowest BCUT2D eigenvalue weighted by Gasteiger charge is -2.19. The Morgan fingerprint density at radius 2 is 1.76 bits per heavy atom. The topological polar surface area (TPSA) is 121 Å². The Labute approximate surface area is 167 Å². The zero-order chi connectivity index (χ0) is 21.6. The number of benzene rings is 2. The molecule has 0 atom stereocenters. The smallest absolute Gasteiger partial charge is 0.435 e. The second kappa shape index (κ2) is 6.96. The zero-order valence-electron chi connectivity index (χ0n) is 16.2. The van der Waals surface area contributed by atoms with Gasteiger partial charge in [0.25, 0.3) is 5.69 Å². The molecule has 0 fully saturated rings. The number of fused-ring (bicyclic) bond motifs is 1. The van der Waals surface area contributed by atoms with Crippen LogP contribution in [-0.4, -0.2) is 41.1 Å². The van der Waals surface area contributed by atoms with Gasteiger partial charge in [0.1, 0.15) is 11.3 Å². The summed E-state index contributed by atoms with van der Waals surface area (Å²) in [7, 11) is -3.36. The second-order valence-electron chi connectivity index (χ2n) is 7.50. The van der Waals surface area contributed by atoms with Crippen molar-refractivity contribution in [3.8, 4) is 11.3 Å². The molecular weight excluding hydrogens is 398 g/mol. The van der Waals surface area contributed by atoms with Gasteiger partial charge in [-0.2, -0.15) is 9.78 Å². The molecule has 1 aromatic heterocycles. The summed E-state index contributed by atoms with van der Waals surface area (Å²) in [5, 5.41) is 16.0. The minimum absolute atomic E-state index is 0.146. The quantitative estimate of drug-likeness (QED) is 0.469. The number of hydrogen-bond donors (Lipinski definition) is 0. The van der Waals surface area contributed by atoms with Crippen LogP contribution in [0.5, 0.6) is 0 Å². The van der Waals surface area contributed by atoms with Crippen LogP contribution in [0.15, 0.2) is 47.4 Å². The molecule has 0 spiro atoms. The number of ether oxygens (including phenoxy) is 1. The number of hydrogen-bond acceptors (Lipinski definition) is 7. The molecule has 0 saturated carbocycles. The monoisotopic (exact) mass is 417 g/mol. The molecule has 9 nitrogen and oxygen atoms in total. The summed E-state index contributed by atoms with van der Waals surface area (Å²) in [4.78, 5) is 23.4. The highest BCUT2D eigenvalue weighted by atomic mass is 32.2. The van der Waals surface area contributed by atoms with Crippen LogP contribution in [0.25, 0.3) is 22.2 Å². The molecule has 2 aromatic carbocycles. The van der Waals surface area contributed by atoms with E-state index in [4.69, 9.17) is 4.74 Å². The van der Waals surface area contributed by atoms with Crippen LogP contribution in [0.2, 0.25) is 0 Å². The van der Waals surface area contributed by atoms with E-state index < -0.39 is 26.5 Å². The van der Waals surface area contributed by atoms with E-state index in [0.29, 0.717) is 16.6 Å². The molecule has 3 aromatic rings. The van der Waals surface area contributed by atoms with Gasteiger partial charge < -0.3 is 4.74 Å². The Balaban J connectivity index is 2.20. The third-order valence-corrected chi connectivity index (χ3v) is 5.13. The standard InChI is InChI=1S/C19H19N3O6S/c1-19(2,3)28-18(23)21-16-11-13(22(24)25)7-10-15(16)17(20-21)12-5-8-14(9-6-12)29(4,26)27/h5-11H,1-4H3. The molecule has 10 heteroatoms. The SMILES string of the molecule is CC(C)(C)OC(=O)n1nc(-c2ccc(S(C)(=O)=O)cc2)c2ccc([N+](=O)[O-])cc21. The number of rotatable bonds is 3. The first-order chi connectivity index (χ1) is 13.4. The van der Waals surface area contributed by atoms with Crippen molar-refractivity contribution in [1.29, 1.82) is 0 Å². The molecular formula is C19H19N3O6S. The van der Waals surface area contributed by atoms with E-state index in [1.54, 1.807) is 32.9 Å². The van der Waals surface area contributed by atoms with Gasteiger partial charge in [0.05, 0.1) is 15.3 Å². The highest BCUT2D eigenvalue weighted by Gasteiger charge is 2.24. The van der Waals surface area contributed by atoms with E-state index in [9.17, 15) is 23.3 Å². The van der Waals surface area contributed by atoms with E-state index in [-0.39, 0.29) is 16.1 Å². The average molecular weight is 417 g/mol. The van der Waals surface area contributed by atoms with Gasteiger partial charge in [0.15, 0.2) is 9.84 Å². The predicted octanol–water partition coefficient (Wildman–Crippen LogP) is 3.80. The molecule has 0 aliphatic heterocycles. The number of nitro benzene ring substituents is 1. The van der Waals surface area contributed by atoms with Crippen LogP contribution in [0.3, 0.4) is 0 Å². The Bertz CT molecular complexity index is 1220. The van der Waals surface area contributed by atoms with Crippen molar-refractivity contribution in [3.05, 3.63) is 52.6 Å². The predicted molar refractivity (Wildman–Crippen MR) is 107 cm³/mol. The first-order valence-corrected chi connectivity index (χ1v) is 10.5. The maximum absolute atomic E-state index is 12.6. The largest absolute Gasteiger partial charge is 0.442 e. The van der Waals surface area contributed by atoms with Gasteiger partial charge in [-0.1, -0.05) is 12.1 Å². The fourth-order valence-electron chi connectivity index (χ4n) is 2.73. The first kappa shape index (κ1) is 20.5. The lowest BCUT2D eigenvalue weighted by molar-refractivity contribution is -0.384. The number of nitro groups is 1. The lowest BCUT2D eigenvalue weighted by atomic mass is 10.1. The van der Waals surface area contributed by atoms with Crippen molar-refractivity contribution in [3.63, 3.8) is 0 Å². The van der Waals surface area contributed by atoms with Crippen molar-refractivity contribution in [2.75, 3.05) is 6.26 Å². The average Bonchev–Trinajstić information content (AvgIpc) is 2.98. The molecule has 0 amide bonds. The summed E-state index contributed by atoms with van der Waals surface area (Å²) in [5.41, 5.74) is 0.170. The summed E-state index contributed by atoms with van der Waals surface area (Å²) >= 11 is 0. The normalized spacial score (nSPS) is 12.1. The Morgan fingerprint density at radius 1 is 1.14 bits per heavy atom. The summed E-state index contributed by atoms with van der Waals surface area (Å²) in [6, 6.07) is 10.1. The Kier molecular flexibility index (Phi) is 4.91. The highest BCUT2D eigenvalue weighted by molar-refractivity contribution is 7.90. The molecule has 152 valence electrons. The van der Waals surface area contributed by atoms with Gasteiger partial charge in [-0.3, -0.25) is 10.1 Å². The van der Waals surface area contributed by atoms with Crippen LogP contribution < -0.4 is 0 Å². The summed E-state index contributed by atoms with van der Waals surface area (Å²) in [6.07, 6.45) is 0.329. The number of carbonyl (C=O) groups is 1. The molecule has 0 aliphatic rings. The van der Waals surface area contributed by atoms with Gasteiger partial charge in [-0.25, -0.2) is 13.2 Å². The van der Waals surface area contributed by atoms with Crippen molar-refractivity contribution in [1.82, 2.24) is 9.78 Å². The first-order valence-electron chi connectivity index (χ1n) is 8.58. The van der Waals surface area contributed by atoms with Crippen LogP contribution in [0.4, 0.5) is 10.5 Å². The minimum Gasteiger partial charge on any atom is -0.442 e. The number of sulfone groups is 1. The molecule has 3 rings (SSSR count). The van der Waals surface area contributed by atoms with Gasteiger partial charge in [-0.05, 0) is 39.0 Å².